The van der Waals surface area contributed by atoms with Gasteiger partial charge in [0.2, 0.25) is 5.90 Å². The molecule has 2 aromatic carbocycles. The molecule has 0 spiro atoms. The van der Waals surface area contributed by atoms with Gasteiger partial charge in [-0.25, -0.2) is 18.6 Å². The number of para-hydroxylation sites is 1. The number of carbonyl (C=O) groups excluding carboxylic acids is 1. The first kappa shape index (κ1) is 16.6. The van der Waals surface area contributed by atoms with E-state index < -0.39 is 17.6 Å². The summed E-state index contributed by atoms with van der Waals surface area (Å²) in [6.45, 7) is 0. The fourth-order valence-electron chi connectivity index (χ4n) is 2.36. The molecule has 0 unspecified atom stereocenters. The van der Waals surface area contributed by atoms with E-state index in [1.54, 1.807) is 18.2 Å². The van der Waals surface area contributed by atoms with Gasteiger partial charge in [-0.3, -0.25) is 0 Å². The van der Waals surface area contributed by atoms with Gasteiger partial charge in [0.1, 0.15) is 11.6 Å². The van der Waals surface area contributed by atoms with Crippen molar-refractivity contribution in [3.8, 4) is 11.5 Å². The van der Waals surface area contributed by atoms with Crippen LogP contribution in [-0.2, 0) is 9.53 Å². The zero-order valence-electron chi connectivity index (χ0n) is 13.4. The summed E-state index contributed by atoms with van der Waals surface area (Å²) < 4.78 is 42.3. The lowest BCUT2D eigenvalue weighted by Gasteiger charge is -2.09. The predicted molar refractivity (Wildman–Crippen MR) is 86.5 cm³/mol. The minimum Gasteiger partial charge on any atom is -0.493 e. The van der Waals surface area contributed by atoms with Crippen molar-refractivity contribution in [3.05, 3.63) is 64.9 Å². The number of hydrogen-bond donors (Lipinski definition) is 0. The molecule has 0 amide bonds. The zero-order valence-corrected chi connectivity index (χ0v) is 13.4. The average Bonchev–Trinajstić information content (AvgIpc) is 2.95. The Morgan fingerprint density at radius 3 is 2.60 bits per heavy atom. The molecule has 1 heterocycles. The number of esters is 1. The summed E-state index contributed by atoms with van der Waals surface area (Å²) in [5.41, 5.74) is 0.402. The molecule has 0 aromatic heterocycles. The molecule has 0 aliphatic carbocycles. The van der Waals surface area contributed by atoms with Crippen molar-refractivity contribution in [2.45, 2.75) is 0 Å². The Hall–Kier alpha value is -3.22. The fourth-order valence-corrected chi connectivity index (χ4v) is 2.36. The highest BCUT2D eigenvalue weighted by molar-refractivity contribution is 6.13. The molecule has 0 saturated carbocycles. The van der Waals surface area contributed by atoms with E-state index in [0.29, 0.717) is 23.1 Å². The lowest BCUT2D eigenvalue weighted by Crippen LogP contribution is -2.07. The Bertz CT molecular complexity index is 906. The van der Waals surface area contributed by atoms with E-state index in [-0.39, 0.29) is 17.2 Å². The lowest BCUT2D eigenvalue weighted by molar-refractivity contribution is -0.129. The molecule has 0 saturated heterocycles. The van der Waals surface area contributed by atoms with Crippen LogP contribution in [0.2, 0.25) is 0 Å². The smallest absolute Gasteiger partial charge is 0.363 e. The molecule has 0 radical (unpaired) electrons. The SMILES string of the molecule is COc1cccc(/C=C2\N=C(c3ccc(F)cc3F)OC2=O)c1OC. The standard InChI is InChI=1S/C18H13F2NO4/c1-23-15-5-3-4-10(16(15)24-2)8-14-18(22)25-17(21-14)12-7-6-11(19)9-13(12)20/h3-9H,1-2H3/b14-8-. The molecular formula is C18H13F2NO4. The molecule has 1 aliphatic heterocycles. The van der Waals surface area contributed by atoms with Gasteiger partial charge in [0.25, 0.3) is 0 Å². The Balaban J connectivity index is 2.02. The van der Waals surface area contributed by atoms with Crippen LogP contribution >= 0.6 is 0 Å². The van der Waals surface area contributed by atoms with Crippen LogP contribution in [0.1, 0.15) is 11.1 Å². The van der Waals surface area contributed by atoms with Crippen molar-refractivity contribution in [3.63, 3.8) is 0 Å². The number of rotatable bonds is 4. The predicted octanol–water partition coefficient (Wildman–Crippen LogP) is 3.33. The largest absolute Gasteiger partial charge is 0.493 e. The number of ether oxygens (including phenoxy) is 3. The molecular weight excluding hydrogens is 332 g/mol. The van der Waals surface area contributed by atoms with Crippen LogP contribution in [0.4, 0.5) is 8.78 Å². The molecule has 0 N–H and O–H groups in total. The van der Waals surface area contributed by atoms with Gasteiger partial charge in [-0.2, -0.15) is 0 Å². The van der Waals surface area contributed by atoms with Gasteiger partial charge in [-0.05, 0) is 24.3 Å². The summed E-state index contributed by atoms with van der Waals surface area (Å²) in [6.07, 6.45) is 1.44. The quantitative estimate of drug-likeness (QED) is 0.630. The van der Waals surface area contributed by atoms with Crippen LogP contribution in [0.3, 0.4) is 0 Å². The molecule has 25 heavy (non-hydrogen) atoms. The first-order valence-electron chi connectivity index (χ1n) is 7.22. The highest BCUT2D eigenvalue weighted by Crippen LogP contribution is 2.33. The molecule has 0 bridgehead atoms. The van der Waals surface area contributed by atoms with Gasteiger partial charge >= 0.3 is 5.97 Å². The van der Waals surface area contributed by atoms with Crippen molar-refractivity contribution in [1.82, 2.24) is 0 Å². The van der Waals surface area contributed by atoms with Gasteiger partial charge in [0, 0.05) is 11.6 Å². The van der Waals surface area contributed by atoms with Crippen LogP contribution in [-0.4, -0.2) is 26.1 Å². The van der Waals surface area contributed by atoms with Gasteiger partial charge in [-0.15, -0.1) is 0 Å². The van der Waals surface area contributed by atoms with E-state index in [4.69, 9.17) is 14.2 Å². The highest BCUT2D eigenvalue weighted by Gasteiger charge is 2.26. The number of halogens is 2. The van der Waals surface area contributed by atoms with Gasteiger partial charge in [0.05, 0.1) is 19.8 Å². The molecule has 3 rings (SSSR count). The second kappa shape index (κ2) is 6.72. The normalized spacial score (nSPS) is 15.1. The van der Waals surface area contributed by atoms with E-state index in [1.165, 1.54) is 20.3 Å². The topological polar surface area (TPSA) is 57.1 Å². The Morgan fingerprint density at radius 2 is 1.92 bits per heavy atom. The minimum atomic E-state index is -0.869. The number of cyclic esters (lactones) is 1. The summed E-state index contributed by atoms with van der Waals surface area (Å²) in [7, 11) is 2.96. The molecule has 0 fully saturated rings. The number of carbonyl (C=O) groups is 1. The van der Waals surface area contributed by atoms with E-state index in [2.05, 4.69) is 4.99 Å². The van der Waals surface area contributed by atoms with Crippen molar-refractivity contribution in [2.24, 2.45) is 4.99 Å². The number of hydrogen-bond acceptors (Lipinski definition) is 5. The zero-order chi connectivity index (χ0) is 18.0. The number of aliphatic imine (C=N–C) groups is 1. The van der Waals surface area contributed by atoms with E-state index in [0.717, 1.165) is 12.1 Å². The maximum Gasteiger partial charge on any atom is 0.363 e. The van der Waals surface area contributed by atoms with Crippen molar-refractivity contribution < 1.29 is 27.8 Å². The summed E-state index contributed by atoms with van der Waals surface area (Å²) in [5.74, 6) is -1.67. The Labute approximate surface area is 142 Å². The van der Waals surface area contributed by atoms with E-state index in [9.17, 15) is 13.6 Å². The van der Waals surface area contributed by atoms with Gasteiger partial charge in [-0.1, -0.05) is 12.1 Å². The minimum absolute atomic E-state index is 0.0368. The fraction of sp³-hybridized carbons (Fsp3) is 0.111. The average molecular weight is 345 g/mol. The molecule has 1 aliphatic rings. The number of methoxy groups -OCH3 is 2. The third kappa shape index (κ3) is 3.21. The van der Waals surface area contributed by atoms with Gasteiger partial charge in [0.15, 0.2) is 17.2 Å². The highest BCUT2D eigenvalue weighted by atomic mass is 19.1. The second-order valence-electron chi connectivity index (χ2n) is 5.04. The van der Waals surface area contributed by atoms with Crippen molar-refractivity contribution in [2.75, 3.05) is 14.2 Å². The van der Waals surface area contributed by atoms with Crippen molar-refractivity contribution >= 4 is 17.9 Å². The maximum atomic E-state index is 13.8. The first-order valence-corrected chi connectivity index (χ1v) is 7.22. The molecule has 5 nitrogen and oxygen atoms in total. The molecule has 128 valence electrons. The van der Waals surface area contributed by atoms with Crippen LogP contribution in [0, 0.1) is 11.6 Å². The summed E-state index contributed by atoms with van der Waals surface area (Å²) in [5, 5.41) is 0. The van der Waals surface area contributed by atoms with Crippen molar-refractivity contribution in [1.29, 1.82) is 0 Å². The van der Waals surface area contributed by atoms with Crippen LogP contribution in [0.15, 0.2) is 47.1 Å². The van der Waals surface area contributed by atoms with Crippen LogP contribution in [0.25, 0.3) is 6.08 Å². The molecule has 7 heteroatoms. The maximum absolute atomic E-state index is 13.8. The summed E-state index contributed by atoms with van der Waals surface area (Å²) >= 11 is 0. The monoisotopic (exact) mass is 345 g/mol. The van der Waals surface area contributed by atoms with Crippen LogP contribution in [0.5, 0.6) is 11.5 Å². The Morgan fingerprint density at radius 1 is 1.12 bits per heavy atom. The number of nitrogens with zero attached hydrogens (tertiary/aromatic N) is 1. The second-order valence-corrected chi connectivity index (χ2v) is 5.04. The lowest BCUT2D eigenvalue weighted by atomic mass is 10.1. The van der Waals surface area contributed by atoms with Gasteiger partial charge < -0.3 is 14.2 Å². The summed E-state index contributed by atoms with van der Waals surface area (Å²) in [6, 6.07) is 8.04. The number of benzene rings is 2. The molecule has 0 atom stereocenters. The third-order valence-electron chi connectivity index (χ3n) is 3.51. The Kier molecular flexibility index (Phi) is 4.47. The van der Waals surface area contributed by atoms with Crippen LogP contribution < -0.4 is 9.47 Å². The first-order chi connectivity index (χ1) is 12.0. The van der Waals surface area contributed by atoms with E-state index >= 15 is 0 Å². The summed E-state index contributed by atoms with van der Waals surface area (Å²) in [4.78, 5) is 16.0. The van der Waals surface area contributed by atoms with E-state index in [1.807, 2.05) is 0 Å². The molecule has 2 aromatic rings. The third-order valence-corrected chi connectivity index (χ3v) is 3.51.